The van der Waals surface area contributed by atoms with Gasteiger partial charge < -0.3 is 15.5 Å². The Bertz CT molecular complexity index is 308. The first kappa shape index (κ1) is 10.5. The summed E-state index contributed by atoms with van der Waals surface area (Å²) in [6.45, 7) is 1.61. The van der Waals surface area contributed by atoms with Gasteiger partial charge >= 0.3 is 0 Å². The summed E-state index contributed by atoms with van der Waals surface area (Å²) in [7, 11) is 0. The van der Waals surface area contributed by atoms with Crippen LogP contribution in [0.5, 0.6) is 5.75 Å². The SMILES string of the molecule is C[C@H](CO)NC(=O)c1ccc(O)cc1. The van der Waals surface area contributed by atoms with Gasteiger partial charge in [0.2, 0.25) is 0 Å². The molecule has 0 aliphatic rings. The van der Waals surface area contributed by atoms with Crippen molar-refractivity contribution in [2.45, 2.75) is 13.0 Å². The smallest absolute Gasteiger partial charge is 0.251 e. The molecule has 4 nitrogen and oxygen atoms in total. The van der Waals surface area contributed by atoms with Crippen molar-refractivity contribution in [1.82, 2.24) is 5.32 Å². The molecule has 0 saturated carbocycles. The lowest BCUT2D eigenvalue weighted by Gasteiger charge is -2.10. The Kier molecular flexibility index (Phi) is 3.48. The van der Waals surface area contributed by atoms with E-state index in [9.17, 15) is 4.79 Å². The maximum absolute atomic E-state index is 11.4. The van der Waals surface area contributed by atoms with Crippen LogP contribution in [0.25, 0.3) is 0 Å². The van der Waals surface area contributed by atoms with Crippen LogP contribution in [0, 0.1) is 0 Å². The molecule has 0 fully saturated rings. The molecular formula is C10H13NO3. The van der Waals surface area contributed by atoms with Crippen LogP contribution in [0.2, 0.25) is 0 Å². The van der Waals surface area contributed by atoms with Gasteiger partial charge in [0.1, 0.15) is 5.75 Å². The highest BCUT2D eigenvalue weighted by atomic mass is 16.3. The fourth-order valence-electron chi connectivity index (χ4n) is 0.966. The molecule has 0 saturated heterocycles. The lowest BCUT2D eigenvalue weighted by Crippen LogP contribution is -2.34. The van der Waals surface area contributed by atoms with Gasteiger partial charge in [-0.15, -0.1) is 0 Å². The van der Waals surface area contributed by atoms with Crippen LogP contribution in [-0.2, 0) is 0 Å². The zero-order valence-corrected chi connectivity index (χ0v) is 7.90. The summed E-state index contributed by atoms with van der Waals surface area (Å²) < 4.78 is 0. The molecule has 0 aromatic heterocycles. The van der Waals surface area contributed by atoms with Gasteiger partial charge in [0.15, 0.2) is 0 Å². The number of phenolic OH excluding ortho intramolecular Hbond substituents is 1. The molecule has 0 spiro atoms. The average molecular weight is 195 g/mol. The summed E-state index contributed by atoms with van der Waals surface area (Å²) in [6.07, 6.45) is 0. The van der Waals surface area contributed by atoms with Crippen LogP contribution < -0.4 is 5.32 Å². The highest BCUT2D eigenvalue weighted by Crippen LogP contribution is 2.09. The van der Waals surface area contributed by atoms with Crippen LogP contribution in [-0.4, -0.2) is 28.8 Å². The van der Waals surface area contributed by atoms with E-state index in [4.69, 9.17) is 10.2 Å². The summed E-state index contributed by atoms with van der Waals surface area (Å²) >= 11 is 0. The summed E-state index contributed by atoms with van der Waals surface area (Å²) in [5.74, 6) is -0.136. The third-order valence-electron chi connectivity index (χ3n) is 1.78. The average Bonchev–Trinajstić information content (AvgIpc) is 2.18. The second kappa shape index (κ2) is 4.62. The van der Waals surface area contributed by atoms with Gasteiger partial charge in [0, 0.05) is 11.6 Å². The third-order valence-corrected chi connectivity index (χ3v) is 1.78. The fourth-order valence-corrected chi connectivity index (χ4v) is 0.966. The molecule has 1 amide bonds. The van der Waals surface area contributed by atoms with Gasteiger partial charge in [-0.05, 0) is 31.2 Å². The number of nitrogens with one attached hydrogen (secondary N) is 1. The number of carbonyl (C=O) groups excluding carboxylic acids is 1. The molecule has 0 radical (unpaired) electrons. The van der Waals surface area contributed by atoms with Crippen molar-refractivity contribution in [2.24, 2.45) is 0 Å². The first-order valence-electron chi connectivity index (χ1n) is 4.34. The monoisotopic (exact) mass is 195 g/mol. The molecule has 0 heterocycles. The van der Waals surface area contributed by atoms with Crippen molar-refractivity contribution in [3.8, 4) is 5.75 Å². The van der Waals surface area contributed by atoms with Gasteiger partial charge in [0.05, 0.1) is 6.61 Å². The predicted octanol–water partition coefficient (Wildman–Crippen LogP) is 0.503. The number of rotatable bonds is 3. The van der Waals surface area contributed by atoms with E-state index in [1.54, 1.807) is 6.92 Å². The molecule has 14 heavy (non-hydrogen) atoms. The van der Waals surface area contributed by atoms with Crippen molar-refractivity contribution in [3.63, 3.8) is 0 Å². The number of aliphatic hydroxyl groups excluding tert-OH is 1. The standard InChI is InChI=1S/C10H13NO3/c1-7(6-12)11-10(14)8-2-4-9(13)5-3-8/h2-5,7,12-13H,6H2,1H3,(H,11,14)/t7-/m1/s1. The normalized spacial score (nSPS) is 12.1. The number of aliphatic hydroxyl groups is 1. The Morgan fingerprint density at radius 3 is 2.50 bits per heavy atom. The van der Waals surface area contributed by atoms with E-state index in [2.05, 4.69) is 5.32 Å². The molecule has 0 bridgehead atoms. The third kappa shape index (κ3) is 2.74. The number of benzene rings is 1. The van der Waals surface area contributed by atoms with Gasteiger partial charge in [-0.1, -0.05) is 0 Å². The minimum Gasteiger partial charge on any atom is -0.508 e. The van der Waals surface area contributed by atoms with Crippen molar-refractivity contribution >= 4 is 5.91 Å². The second-order valence-corrected chi connectivity index (χ2v) is 3.10. The number of hydrogen-bond acceptors (Lipinski definition) is 3. The molecule has 3 N–H and O–H groups in total. The Morgan fingerprint density at radius 2 is 2.00 bits per heavy atom. The summed E-state index contributed by atoms with van der Waals surface area (Å²) in [5, 5.41) is 20.3. The van der Waals surface area contributed by atoms with Crippen LogP contribution in [0.3, 0.4) is 0 Å². The number of aromatic hydroxyl groups is 1. The predicted molar refractivity (Wildman–Crippen MR) is 52.1 cm³/mol. The second-order valence-electron chi connectivity index (χ2n) is 3.10. The van der Waals surface area contributed by atoms with Gasteiger partial charge in [0.25, 0.3) is 5.91 Å². The van der Waals surface area contributed by atoms with Crippen molar-refractivity contribution < 1.29 is 15.0 Å². The van der Waals surface area contributed by atoms with E-state index in [0.29, 0.717) is 5.56 Å². The van der Waals surface area contributed by atoms with Crippen molar-refractivity contribution in [3.05, 3.63) is 29.8 Å². The van der Waals surface area contributed by atoms with Crippen molar-refractivity contribution in [2.75, 3.05) is 6.61 Å². The molecular weight excluding hydrogens is 182 g/mol. The Balaban J connectivity index is 2.65. The fraction of sp³-hybridized carbons (Fsp3) is 0.300. The zero-order valence-electron chi connectivity index (χ0n) is 7.90. The van der Waals surface area contributed by atoms with Gasteiger partial charge in [-0.2, -0.15) is 0 Å². The van der Waals surface area contributed by atoms with E-state index in [1.807, 2.05) is 0 Å². The van der Waals surface area contributed by atoms with Crippen LogP contribution >= 0.6 is 0 Å². The number of amides is 1. The van der Waals surface area contributed by atoms with E-state index >= 15 is 0 Å². The Morgan fingerprint density at radius 1 is 1.43 bits per heavy atom. The van der Waals surface area contributed by atoms with Crippen LogP contribution in [0.4, 0.5) is 0 Å². The quantitative estimate of drug-likeness (QED) is 0.658. The minimum atomic E-state index is -0.267. The maximum atomic E-state index is 11.4. The molecule has 76 valence electrons. The lowest BCUT2D eigenvalue weighted by atomic mass is 10.2. The minimum absolute atomic E-state index is 0.0934. The van der Waals surface area contributed by atoms with Gasteiger partial charge in [-0.25, -0.2) is 0 Å². The van der Waals surface area contributed by atoms with E-state index in [-0.39, 0.29) is 24.3 Å². The first-order chi connectivity index (χ1) is 6.63. The van der Waals surface area contributed by atoms with Crippen LogP contribution in [0.15, 0.2) is 24.3 Å². The largest absolute Gasteiger partial charge is 0.508 e. The maximum Gasteiger partial charge on any atom is 0.251 e. The molecule has 0 aliphatic heterocycles. The van der Waals surface area contributed by atoms with Crippen molar-refractivity contribution in [1.29, 1.82) is 0 Å². The highest BCUT2D eigenvalue weighted by molar-refractivity contribution is 5.94. The molecule has 0 aliphatic carbocycles. The summed E-state index contributed by atoms with van der Waals surface area (Å²) in [5.41, 5.74) is 0.461. The molecule has 1 atom stereocenters. The number of phenols is 1. The lowest BCUT2D eigenvalue weighted by molar-refractivity contribution is 0.0922. The van der Waals surface area contributed by atoms with E-state index in [1.165, 1.54) is 24.3 Å². The molecule has 4 heteroatoms. The molecule has 1 rings (SSSR count). The van der Waals surface area contributed by atoms with Gasteiger partial charge in [-0.3, -0.25) is 4.79 Å². The van der Waals surface area contributed by atoms with E-state index in [0.717, 1.165) is 0 Å². The zero-order chi connectivity index (χ0) is 10.6. The Labute approximate surface area is 82.2 Å². The highest BCUT2D eigenvalue weighted by Gasteiger charge is 2.07. The Hall–Kier alpha value is -1.55. The summed E-state index contributed by atoms with van der Waals surface area (Å²) in [6, 6.07) is 5.66. The summed E-state index contributed by atoms with van der Waals surface area (Å²) in [4.78, 5) is 11.4. The van der Waals surface area contributed by atoms with E-state index < -0.39 is 0 Å². The number of hydrogen-bond donors (Lipinski definition) is 3. The first-order valence-corrected chi connectivity index (χ1v) is 4.34. The topological polar surface area (TPSA) is 69.6 Å². The molecule has 1 aromatic carbocycles. The van der Waals surface area contributed by atoms with Crippen LogP contribution in [0.1, 0.15) is 17.3 Å². The molecule has 1 aromatic rings. The molecule has 0 unspecified atom stereocenters. The number of carbonyl (C=O) groups is 1.